The number of nitrogens with two attached hydrogens (primary N) is 1. The van der Waals surface area contributed by atoms with Crippen LogP contribution in [0.4, 0.5) is 0 Å². The van der Waals surface area contributed by atoms with Crippen LogP contribution in [0.15, 0.2) is 36.5 Å². The van der Waals surface area contributed by atoms with Crippen molar-refractivity contribution < 1.29 is 9.90 Å². The first-order valence-corrected chi connectivity index (χ1v) is 5.97. The highest BCUT2D eigenvalue weighted by atomic mass is 32.1. The minimum absolute atomic E-state index is 0.0534. The maximum absolute atomic E-state index is 10.6. The molecule has 0 aliphatic rings. The summed E-state index contributed by atoms with van der Waals surface area (Å²) in [5.74, 6) is -0.884. The lowest BCUT2D eigenvalue weighted by Gasteiger charge is -2.04. The number of hydrogen-bond acceptors (Lipinski definition) is 4. The van der Waals surface area contributed by atoms with Crippen molar-refractivity contribution >= 4 is 17.3 Å². The van der Waals surface area contributed by atoms with Gasteiger partial charge in [-0.25, -0.2) is 0 Å². The Hall–Kier alpha value is -1.72. The van der Waals surface area contributed by atoms with E-state index in [1.165, 1.54) is 11.3 Å². The zero-order valence-electron chi connectivity index (χ0n) is 9.04. The van der Waals surface area contributed by atoms with Crippen molar-refractivity contribution in [3.63, 3.8) is 0 Å². The lowest BCUT2D eigenvalue weighted by molar-refractivity contribution is -0.137. The number of pyridine rings is 1. The summed E-state index contributed by atoms with van der Waals surface area (Å²) in [6.07, 6.45) is 1.67. The van der Waals surface area contributed by atoms with Gasteiger partial charge in [0.25, 0.3) is 0 Å². The predicted octanol–water partition coefficient (Wildman–Crippen LogP) is 2.28. The summed E-state index contributed by atoms with van der Waals surface area (Å²) in [5.41, 5.74) is 6.68. The van der Waals surface area contributed by atoms with Gasteiger partial charge in [-0.05, 0) is 24.3 Å². The third-order valence-corrected chi connectivity index (χ3v) is 3.54. The van der Waals surface area contributed by atoms with Gasteiger partial charge >= 0.3 is 5.97 Å². The summed E-state index contributed by atoms with van der Waals surface area (Å²) < 4.78 is 0. The number of carboxylic acids is 1. The molecule has 2 rings (SSSR count). The van der Waals surface area contributed by atoms with Crippen LogP contribution in [0.1, 0.15) is 17.3 Å². The van der Waals surface area contributed by atoms with Gasteiger partial charge in [-0.15, -0.1) is 11.3 Å². The summed E-state index contributed by atoms with van der Waals surface area (Å²) in [6, 6.07) is 9.02. The van der Waals surface area contributed by atoms with Gasteiger partial charge < -0.3 is 10.8 Å². The van der Waals surface area contributed by atoms with Gasteiger partial charge in [0.2, 0.25) is 0 Å². The third-order valence-electron chi connectivity index (χ3n) is 2.30. The van der Waals surface area contributed by atoms with Gasteiger partial charge in [-0.3, -0.25) is 9.78 Å². The molecule has 0 spiro atoms. The predicted molar refractivity (Wildman–Crippen MR) is 66.7 cm³/mol. The summed E-state index contributed by atoms with van der Waals surface area (Å²) in [5, 5.41) is 8.68. The normalized spacial score (nSPS) is 12.3. The first kappa shape index (κ1) is 11.8. The number of carboxylic acid groups (broad SMARTS) is 1. The van der Waals surface area contributed by atoms with Crippen LogP contribution in [0.25, 0.3) is 10.6 Å². The molecule has 0 saturated carbocycles. The minimum atomic E-state index is -0.884. The molecule has 0 bridgehead atoms. The van der Waals surface area contributed by atoms with E-state index >= 15 is 0 Å². The molecular weight excluding hydrogens is 236 g/mol. The minimum Gasteiger partial charge on any atom is -0.481 e. The second kappa shape index (κ2) is 5.07. The van der Waals surface area contributed by atoms with Crippen LogP contribution in [0, 0.1) is 0 Å². The van der Waals surface area contributed by atoms with Gasteiger partial charge in [0.05, 0.1) is 17.0 Å². The number of thiophene rings is 1. The molecule has 0 radical (unpaired) electrons. The number of aliphatic carboxylic acids is 1. The molecule has 1 unspecified atom stereocenters. The summed E-state index contributed by atoms with van der Waals surface area (Å²) in [4.78, 5) is 16.7. The lowest BCUT2D eigenvalue weighted by atomic mass is 10.2. The van der Waals surface area contributed by atoms with Crippen LogP contribution in [0.5, 0.6) is 0 Å². The van der Waals surface area contributed by atoms with E-state index in [1.54, 1.807) is 6.20 Å². The van der Waals surface area contributed by atoms with E-state index < -0.39 is 12.0 Å². The van der Waals surface area contributed by atoms with Crippen LogP contribution in [-0.4, -0.2) is 16.1 Å². The summed E-state index contributed by atoms with van der Waals surface area (Å²) in [6.45, 7) is 0. The highest BCUT2D eigenvalue weighted by Crippen LogP contribution is 2.30. The second-order valence-corrected chi connectivity index (χ2v) is 4.74. The fourth-order valence-electron chi connectivity index (χ4n) is 1.49. The monoisotopic (exact) mass is 248 g/mol. The quantitative estimate of drug-likeness (QED) is 0.870. The summed E-state index contributed by atoms with van der Waals surface area (Å²) in [7, 11) is 0. The second-order valence-electron chi connectivity index (χ2n) is 3.62. The molecule has 2 aromatic rings. The molecule has 17 heavy (non-hydrogen) atoms. The highest BCUT2D eigenvalue weighted by Gasteiger charge is 2.13. The smallest absolute Gasteiger partial charge is 0.305 e. The Balaban J connectivity index is 2.19. The van der Waals surface area contributed by atoms with Crippen molar-refractivity contribution in [1.29, 1.82) is 0 Å². The van der Waals surface area contributed by atoms with E-state index in [0.29, 0.717) is 0 Å². The van der Waals surface area contributed by atoms with Crippen molar-refractivity contribution in [3.8, 4) is 10.6 Å². The SMILES string of the molecule is NC(CC(=O)O)c1ccc(-c2ccccn2)s1. The van der Waals surface area contributed by atoms with Crippen molar-refractivity contribution in [1.82, 2.24) is 4.98 Å². The van der Waals surface area contributed by atoms with Crippen LogP contribution < -0.4 is 5.73 Å². The lowest BCUT2D eigenvalue weighted by Crippen LogP contribution is -2.13. The average Bonchev–Trinajstić information content (AvgIpc) is 2.78. The highest BCUT2D eigenvalue weighted by molar-refractivity contribution is 7.15. The largest absolute Gasteiger partial charge is 0.481 e. The molecule has 0 aliphatic heterocycles. The Morgan fingerprint density at radius 1 is 1.41 bits per heavy atom. The van der Waals surface area contributed by atoms with Gasteiger partial charge in [0.15, 0.2) is 0 Å². The van der Waals surface area contributed by atoms with E-state index in [2.05, 4.69) is 4.98 Å². The van der Waals surface area contributed by atoms with E-state index in [9.17, 15) is 4.79 Å². The van der Waals surface area contributed by atoms with Crippen molar-refractivity contribution in [3.05, 3.63) is 41.4 Å². The molecule has 0 saturated heterocycles. The molecular formula is C12H12N2O2S. The maximum Gasteiger partial charge on any atom is 0.305 e. The van der Waals surface area contributed by atoms with Crippen molar-refractivity contribution in [2.24, 2.45) is 5.73 Å². The molecule has 0 aromatic carbocycles. The zero-order valence-corrected chi connectivity index (χ0v) is 9.85. The van der Waals surface area contributed by atoms with Crippen LogP contribution >= 0.6 is 11.3 Å². The van der Waals surface area contributed by atoms with Gasteiger partial charge in [0, 0.05) is 17.1 Å². The third kappa shape index (κ3) is 2.89. The molecule has 88 valence electrons. The van der Waals surface area contributed by atoms with Gasteiger partial charge in [-0.1, -0.05) is 6.07 Å². The molecule has 4 nitrogen and oxygen atoms in total. The van der Waals surface area contributed by atoms with Crippen LogP contribution in [0.2, 0.25) is 0 Å². The number of hydrogen-bond donors (Lipinski definition) is 2. The number of rotatable bonds is 4. The fraction of sp³-hybridized carbons (Fsp3) is 0.167. The summed E-state index contributed by atoms with van der Waals surface area (Å²) >= 11 is 1.49. The molecule has 0 aliphatic carbocycles. The number of nitrogens with zero attached hydrogens (tertiary/aromatic N) is 1. The standard InChI is InChI=1S/C12H12N2O2S/c13-8(7-12(15)16)10-4-5-11(17-10)9-3-1-2-6-14-9/h1-6,8H,7,13H2,(H,15,16). The zero-order chi connectivity index (χ0) is 12.3. The van der Waals surface area contributed by atoms with E-state index in [0.717, 1.165) is 15.4 Å². The molecule has 3 N–H and O–H groups in total. The molecule has 5 heteroatoms. The average molecular weight is 248 g/mol. The Morgan fingerprint density at radius 2 is 2.24 bits per heavy atom. The van der Waals surface area contributed by atoms with Gasteiger partial charge in [0.1, 0.15) is 0 Å². The fourth-order valence-corrected chi connectivity index (χ4v) is 2.47. The first-order valence-electron chi connectivity index (χ1n) is 5.15. The Morgan fingerprint density at radius 3 is 2.88 bits per heavy atom. The Kier molecular flexibility index (Phi) is 3.51. The van der Waals surface area contributed by atoms with Crippen molar-refractivity contribution in [2.75, 3.05) is 0 Å². The van der Waals surface area contributed by atoms with E-state index in [4.69, 9.17) is 10.8 Å². The Bertz CT molecular complexity index is 510. The maximum atomic E-state index is 10.6. The first-order chi connectivity index (χ1) is 8.16. The van der Waals surface area contributed by atoms with Crippen LogP contribution in [0.3, 0.4) is 0 Å². The van der Waals surface area contributed by atoms with Crippen LogP contribution in [-0.2, 0) is 4.79 Å². The number of carbonyl (C=O) groups is 1. The molecule has 1 atom stereocenters. The van der Waals surface area contributed by atoms with Crippen molar-refractivity contribution in [2.45, 2.75) is 12.5 Å². The Labute approximate surface area is 103 Å². The molecule has 2 heterocycles. The van der Waals surface area contributed by atoms with Gasteiger partial charge in [-0.2, -0.15) is 0 Å². The molecule has 0 amide bonds. The van der Waals surface area contributed by atoms with E-state index in [-0.39, 0.29) is 6.42 Å². The topological polar surface area (TPSA) is 76.2 Å². The molecule has 2 aromatic heterocycles. The molecule has 0 fully saturated rings. The number of aromatic nitrogens is 1. The van der Waals surface area contributed by atoms with E-state index in [1.807, 2.05) is 30.3 Å².